The van der Waals surface area contributed by atoms with Crippen molar-refractivity contribution >= 4 is 92.1 Å². The summed E-state index contributed by atoms with van der Waals surface area (Å²) >= 11 is 0. The van der Waals surface area contributed by atoms with E-state index in [4.69, 9.17) is 61.3 Å². The van der Waals surface area contributed by atoms with E-state index in [-0.39, 0.29) is 56.3 Å². The van der Waals surface area contributed by atoms with Gasteiger partial charge in [-0.25, -0.2) is 26.9 Å². The SMILES string of the molecule is CC(C)OC(=O)[C@H](C)NP(=O)(Oc1ccccc1)O[C@H](C)[C@H]1O[C@@H](n2ccc3c(=O)[nH]c(NC(C)OC(=O)[C@H](C)N[P@@](=O)(Oc4ccccc4)O[C@H](C)[C@H]4O[C@@H](n5ccc6c(=O)[nH]c(NC(C)OC(=O)[C@H](C)N[P@](=O)(Oc7ccccc7)O[C@H](C)[C@H]7O[C@@H](n8ccc9c(=O)[nH]c(N)nc98)[C@@](O)(CF)C7O)nc65)[C@@](O)(CF)C4O)nc32)[C@@](O)(CF)C1O. The number of H-pyrrole nitrogens is 3. The number of esters is 3. The van der Waals surface area contributed by atoms with E-state index in [1.807, 2.05) is 0 Å². The number of nitrogen functional groups attached to an aromatic ring is 1. The fourth-order valence-electron chi connectivity index (χ4n) is 13.8. The van der Waals surface area contributed by atoms with Crippen LogP contribution in [0.15, 0.2) is 142 Å². The maximum absolute atomic E-state index is 15.6. The van der Waals surface area contributed by atoms with Crippen molar-refractivity contribution in [2.75, 3.05) is 36.4 Å². The Labute approximate surface area is 684 Å². The van der Waals surface area contributed by atoms with E-state index in [2.05, 4.69) is 55.8 Å². The van der Waals surface area contributed by atoms with Crippen molar-refractivity contribution < 1.29 is 127 Å². The fraction of sp³-hybridized carbons (Fsp3) is 0.466. The number of anilines is 3. The van der Waals surface area contributed by atoms with Crippen LogP contribution in [0.2, 0.25) is 0 Å². The summed E-state index contributed by atoms with van der Waals surface area (Å²) in [4.78, 5) is 101. The topological polar surface area (TPSA) is 573 Å². The number of nitrogens with one attached hydrogen (secondary N) is 8. The Morgan fingerprint density at radius 2 is 0.744 bits per heavy atom. The highest BCUT2D eigenvalue weighted by Crippen LogP contribution is 2.54. The molecule has 48 heteroatoms. The first-order valence-corrected chi connectivity index (χ1v) is 42.3. The number of alkyl halides is 3. The number of aliphatic hydroxyl groups excluding tert-OH is 3. The number of aromatic nitrogens is 9. The van der Waals surface area contributed by atoms with Crippen LogP contribution < -0.4 is 61.9 Å². The van der Waals surface area contributed by atoms with Crippen LogP contribution in [0.1, 0.15) is 87.9 Å². The highest BCUT2D eigenvalue weighted by molar-refractivity contribution is 7.52. The number of para-hydroxylation sites is 3. The third kappa shape index (κ3) is 19.1. The maximum Gasteiger partial charge on any atom is 0.459 e. The molecule has 9 aromatic rings. The summed E-state index contributed by atoms with van der Waals surface area (Å²) in [6.45, 7) is 8.20. The van der Waals surface area contributed by atoms with Crippen molar-refractivity contribution in [2.45, 2.75) is 196 Å². The molecule has 16 N–H and O–H groups in total. The molecule has 23 atom stereocenters. The van der Waals surface area contributed by atoms with Crippen molar-refractivity contribution in [1.82, 2.24) is 58.9 Å². The maximum atomic E-state index is 15.6. The fourth-order valence-corrected chi connectivity index (χ4v) is 18.8. The molecule has 6 aromatic heterocycles. The Morgan fingerprint density at radius 3 is 1.03 bits per heavy atom. The van der Waals surface area contributed by atoms with E-state index in [0.717, 1.165) is 13.7 Å². The van der Waals surface area contributed by atoms with Crippen molar-refractivity contribution in [2.24, 2.45) is 0 Å². The summed E-state index contributed by atoms with van der Waals surface area (Å²) in [6, 6.07) is 21.6. The number of nitrogens with two attached hydrogens (primary N) is 1. The molecular weight excluding hydrogens is 1670 g/mol. The van der Waals surface area contributed by atoms with Crippen LogP contribution in [0, 0.1) is 0 Å². The van der Waals surface area contributed by atoms with Crippen LogP contribution >= 0.6 is 23.2 Å². The second-order valence-electron chi connectivity index (χ2n) is 29.4. The molecule has 42 nitrogen and oxygen atoms in total. The van der Waals surface area contributed by atoms with Gasteiger partial charge in [-0.15, -0.1) is 0 Å². The highest BCUT2D eigenvalue weighted by atomic mass is 31.2. The van der Waals surface area contributed by atoms with Crippen molar-refractivity contribution in [3.63, 3.8) is 0 Å². The third-order valence-electron chi connectivity index (χ3n) is 19.7. The zero-order valence-electron chi connectivity index (χ0n) is 66.1. The zero-order valence-corrected chi connectivity index (χ0v) is 68.8. The smallest absolute Gasteiger partial charge is 0.459 e. The average molecular weight is 1760 g/mol. The Bertz CT molecular complexity index is 5550. The van der Waals surface area contributed by atoms with Gasteiger partial charge in [-0.3, -0.25) is 57.3 Å². The molecule has 3 aliphatic heterocycles. The normalized spacial score (nSPS) is 26.5. The molecule has 6 unspecified atom stereocenters. The number of hydrogen-bond acceptors (Lipinski definition) is 33. The molecule has 3 aliphatic rings. The molecule has 3 saturated heterocycles. The molecule has 0 amide bonds. The lowest BCUT2D eigenvalue weighted by Crippen LogP contribution is -2.50. The zero-order chi connectivity index (χ0) is 87.8. The molecule has 121 heavy (non-hydrogen) atoms. The molecule has 12 rings (SSSR count). The van der Waals surface area contributed by atoms with Gasteiger partial charge >= 0.3 is 41.1 Å². The number of aromatic amines is 3. The summed E-state index contributed by atoms with van der Waals surface area (Å²) in [5.74, 6) is -4.40. The molecular formula is C73H91F3N15O27P3. The van der Waals surface area contributed by atoms with Gasteiger partial charge in [0.25, 0.3) is 16.7 Å². The van der Waals surface area contributed by atoms with E-state index < -0.39 is 217 Å². The van der Waals surface area contributed by atoms with Gasteiger partial charge < -0.3 is 103 Å². The lowest BCUT2D eigenvalue weighted by molar-refractivity contribution is -0.149. The van der Waals surface area contributed by atoms with Gasteiger partial charge in [0.05, 0.1) is 40.6 Å². The lowest BCUT2D eigenvalue weighted by Gasteiger charge is -2.30. The summed E-state index contributed by atoms with van der Waals surface area (Å²) in [5, 5.41) is 83.0. The predicted molar refractivity (Wildman–Crippen MR) is 421 cm³/mol. The quantitative estimate of drug-likeness (QED) is 0.0106. The first-order valence-electron chi connectivity index (χ1n) is 37.7. The molecule has 9 heterocycles. The number of hydrogen-bond donors (Lipinski definition) is 15. The number of ether oxygens (including phenoxy) is 6. The second kappa shape index (κ2) is 36.2. The molecule has 0 spiro atoms. The van der Waals surface area contributed by atoms with E-state index in [1.165, 1.54) is 153 Å². The van der Waals surface area contributed by atoms with E-state index >= 15 is 13.3 Å². The first-order chi connectivity index (χ1) is 57.1. The van der Waals surface area contributed by atoms with Gasteiger partial charge in [-0.1, -0.05) is 54.6 Å². The van der Waals surface area contributed by atoms with Gasteiger partial charge in [0.2, 0.25) is 17.8 Å². The van der Waals surface area contributed by atoms with E-state index in [1.54, 1.807) is 44.2 Å². The van der Waals surface area contributed by atoms with Crippen molar-refractivity contribution in [1.29, 1.82) is 0 Å². The Kier molecular flexibility index (Phi) is 27.0. The molecule has 0 radical (unpaired) electrons. The number of halogens is 3. The van der Waals surface area contributed by atoms with Crippen LogP contribution in [0.4, 0.5) is 31.0 Å². The number of aliphatic hydroxyl groups is 6. The van der Waals surface area contributed by atoms with Crippen LogP contribution in [0.3, 0.4) is 0 Å². The van der Waals surface area contributed by atoms with Gasteiger partial charge in [-0.05, 0) is 124 Å². The Balaban J connectivity index is 0.699. The summed E-state index contributed by atoms with van der Waals surface area (Å²) in [6.07, 6.45) is -22.0. The van der Waals surface area contributed by atoms with Gasteiger partial charge in [0, 0.05) is 18.6 Å². The largest absolute Gasteiger partial charge is 0.462 e. The summed E-state index contributed by atoms with van der Waals surface area (Å²) in [7, 11) is -14.5. The van der Waals surface area contributed by atoms with Crippen molar-refractivity contribution in [3.8, 4) is 17.2 Å². The molecule has 0 bridgehead atoms. The van der Waals surface area contributed by atoms with Crippen LogP contribution in [0.5, 0.6) is 17.2 Å². The minimum atomic E-state index is -4.99. The molecule has 0 aliphatic carbocycles. The monoisotopic (exact) mass is 1760 g/mol. The van der Waals surface area contributed by atoms with Gasteiger partial charge in [0.1, 0.15) is 92.0 Å². The number of benzene rings is 3. The molecule has 3 fully saturated rings. The van der Waals surface area contributed by atoms with Crippen LogP contribution in [-0.4, -0.2) is 221 Å². The van der Waals surface area contributed by atoms with Gasteiger partial charge in [0.15, 0.2) is 64.9 Å². The van der Waals surface area contributed by atoms with E-state index in [9.17, 15) is 72.9 Å². The number of nitrogens with zero attached hydrogens (tertiary/aromatic N) is 6. The van der Waals surface area contributed by atoms with Crippen molar-refractivity contribution in [3.05, 3.63) is 159 Å². The Morgan fingerprint density at radius 1 is 0.463 bits per heavy atom. The average Bonchev–Trinajstić information content (AvgIpc) is 1.59. The Hall–Kier alpha value is -9.99. The number of carbonyl (C=O) groups excluding carboxylic acids is 3. The molecule has 656 valence electrons. The third-order valence-corrected chi connectivity index (χ3v) is 25.0. The van der Waals surface area contributed by atoms with E-state index in [0.29, 0.717) is 0 Å². The minimum Gasteiger partial charge on any atom is -0.462 e. The van der Waals surface area contributed by atoms with Gasteiger partial charge in [-0.2, -0.15) is 30.2 Å². The lowest BCUT2D eigenvalue weighted by atomic mass is 9.93. The standard InChI is InChI=1S/C73H91F3N15O27P3/c1-35(2)107-62(98)36(3)86-119(104,116-44-20-14-11-15-21-44)113-40(7)51-54(93)72(102,33-75)66(111-51)90-30-27-48-57(90)81-69(84-60(48)96)79-43(10)109-64(100)38(5)88-121(106,118-46-24-18-13-19-25-46)115-41(8)52-55(94)73(103,34-76)67(112-52)91-31-28-49-58(91)82-70(85-61(49)97)78-42(9)108-63(99)37(4)87-120(105,117-45-22-16-12-17-23-45)114-39(6)50-53(92)71(101,32-74)65(110-50)89-29-26-47-56(89)80-68(77)83-59(47)95/h11-31,35-43,50-55,65-67,92-94,101-103H,32-34H2,1-10H3,(H,86,104)(H,87,105)(H,88,106)(H3,77,80,83,95)(H2,78,82,85,97)(H2,79,81,84,96)/t36-,37-,38-,39+,40+,41+,42?,43?,50+,51+,52+,53?,54?,55?,65+,66+,67+,71+,72+,73+,119?,120+,121-/m0/s1. The minimum absolute atomic E-state index is 0.0269. The number of fused-ring (bicyclic) bond motifs is 3. The highest BCUT2D eigenvalue weighted by Gasteiger charge is 2.62. The van der Waals surface area contributed by atoms with Crippen LogP contribution in [-0.2, 0) is 70.1 Å². The second-order valence-corrected chi connectivity index (χ2v) is 34.3. The molecule has 0 saturated carbocycles. The predicted octanol–water partition coefficient (Wildman–Crippen LogP) is 4.92. The van der Waals surface area contributed by atoms with Crippen LogP contribution in [0.25, 0.3) is 33.1 Å². The number of rotatable bonds is 37. The number of carbonyl (C=O) groups is 3. The first kappa shape index (κ1) is 90.2. The molecule has 3 aromatic carbocycles. The summed E-state index contributed by atoms with van der Waals surface area (Å²) < 4.78 is 163. The summed E-state index contributed by atoms with van der Waals surface area (Å²) in [5.41, 5.74) is -5.78.